The van der Waals surface area contributed by atoms with Crippen LogP contribution in [-0.4, -0.2) is 50.2 Å². The van der Waals surface area contributed by atoms with E-state index in [1.807, 2.05) is 38.2 Å². The fraction of sp³-hybridized carbons (Fsp3) is 0.421. The van der Waals surface area contributed by atoms with E-state index < -0.39 is 0 Å². The first-order valence-electron chi connectivity index (χ1n) is 8.66. The summed E-state index contributed by atoms with van der Waals surface area (Å²) in [4.78, 5) is 14.9. The van der Waals surface area contributed by atoms with Crippen molar-refractivity contribution in [1.82, 2.24) is 9.97 Å². The number of likely N-dealkylation sites (N-methyl/N-ethyl adjacent to an activating group) is 1. The van der Waals surface area contributed by atoms with Crippen LogP contribution in [0.3, 0.4) is 0 Å². The molecule has 0 saturated carbocycles. The largest absolute Gasteiger partial charge is 0.369 e. The third-order valence-electron chi connectivity index (χ3n) is 4.78. The maximum atomic E-state index is 13.8. The van der Waals surface area contributed by atoms with Gasteiger partial charge >= 0.3 is 0 Å². The fourth-order valence-corrected chi connectivity index (χ4v) is 3.29. The first kappa shape index (κ1) is 17.9. The van der Waals surface area contributed by atoms with E-state index in [-0.39, 0.29) is 11.9 Å². The van der Waals surface area contributed by atoms with E-state index in [0.717, 1.165) is 43.3 Å². The molecule has 6 nitrogen and oxygen atoms in total. The maximum Gasteiger partial charge on any atom is 0.134 e. The van der Waals surface area contributed by atoms with Gasteiger partial charge in [0.1, 0.15) is 23.8 Å². The first-order chi connectivity index (χ1) is 12.5. The van der Waals surface area contributed by atoms with Gasteiger partial charge < -0.3 is 14.7 Å². The Labute approximate surface area is 153 Å². The van der Waals surface area contributed by atoms with Crippen LogP contribution < -0.4 is 14.7 Å². The summed E-state index contributed by atoms with van der Waals surface area (Å²) in [6.07, 6.45) is 3.61. The van der Waals surface area contributed by atoms with Gasteiger partial charge in [-0.2, -0.15) is 5.26 Å². The predicted molar refractivity (Wildman–Crippen MR) is 101 cm³/mol. The van der Waals surface area contributed by atoms with Crippen molar-refractivity contribution >= 4 is 17.3 Å². The second-order valence-electron chi connectivity index (χ2n) is 6.79. The fourth-order valence-electron chi connectivity index (χ4n) is 3.29. The minimum absolute atomic E-state index is 0.252. The summed E-state index contributed by atoms with van der Waals surface area (Å²) >= 11 is 0. The van der Waals surface area contributed by atoms with Crippen LogP contribution >= 0.6 is 0 Å². The van der Waals surface area contributed by atoms with Crippen LogP contribution in [0, 0.1) is 17.1 Å². The number of benzene rings is 1. The maximum absolute atomic E-state index is 13.8. The van der Waals surface area contributed by atoms with E-state index in [0.29, 0.717) is 5.56 Å². The molecule has 1 saturated heterocycles. The minimum Gasteiger partial charge on any atom is -0.369 e. The third kappa shape index (κ3) is 3.85. The quantitative estimate of drug-likeness (QED) is 0.841. The zero-order valence-corrected chi connectivity index (χ0v) is 15.4. The van der Waals surface area contributed by atoms with Gasteiger partial charge in [-0.3, -0.25) is 0 Å². The Hall–Kier alpha value is -2.88. The number of hydrogen-bond donors (Lipinski definition) is 0. The first-order valence-corrected chi connectivity index (χ1v) is 8.66. The Bertz CT molecular complexity index is 816. The van der Waals surface area contributed by atoms with Crippen LogP contribution in [0.1, 0.15) is 18.4 Å². The second kappa shape index (κ2) is 7.56. The van der Waals surface area contributed by atoms with Crippen LogP contribution in [0.2, 0.25) is 0 Å². The van der Waals surface area contributed by atoms with Crippen molar-refractivity contribution < 1.29 is 4.39 Å². The van der Waals surface area contributed by atoms with Crippen molar-refractivity contribution in [2.45, 2.75) is 18.9 Å². The Morgan fingerprint density at radius 1 is 1.15 bits per heavy atom. The molecule has 1 aliphatic rings. The van der Waals surface area contributed by atoms with E-state index in [9.17, 15) is 4.39 Å². The van der Waals surface area contributed by atoms with E-state index in [4.69, 9.17) is 5.26 Å². The Kier molecular flexibility index (Phi) is 5.21. The lowest BCUT2D eigenvalue weighted by Crippen LogP contribution is -2.47. The molecule has 2 heterocycles. The van der Waals surface area contributed by atoms with Gasteiger partial charge in [-0.05, 0) is 31.0 Å². The van der Waals surface area contributed by atoms with Gasteiger partial charge in [0.2, 0.25) is 0 Å². The third-order valence-corrected chi connectivity index (χ3v) is 4.78. The number of nitrogens with zero attached hydrogens (tertiary/aromatic N) is 6. The SMILES string of the molecule is CN(C)c1cc(N(C)C2CCCN(c3cc(F)cc(C#N)c3)C2)ncn1. The molecule has 0 spiro atoms. The van der Waals surface area contributed by atoms with Gasteiger partial charge in [0, 0.05) is 52.0 Å². The Morgan fingerprint density at radius 3 is 2.65 bits per heavy atom. The lowest BCUT2D eigenvalue weighted by atomic mass is 10.0. The van der Waals surface area contributed by atoms with Crippen molar-refractivity contribution in [2.24, 2.45) is 0 Å². The number of aromatic nitrogens is 2. The summed E-state index contributed by atoms with van der Waals surface area (Å²) < 4.78 is 13.8. The molecule has 1 atom stereocenters. The van der Waals surface area contributed by atoms with Gasteiger partial charge in [0.25, 0.3) is 0 Å². The molecule has 1 aliphatic heterocycles. The number of anilines is 3. The summed E-state index contributed by atoms with van der Waals surface area (Å²) in [5, 5.41) is 9.08. The normalized spacial score (nSPS) is 16.9. The van der Waals surface area contributed by atoms with Crippen LogP contribution in [-0.2, 0) is 0 Å². The molecule has 0 N–H and O–H groups in total. The average Bonchev–Trinajstić information content (AvgIpc) is 2.67. The van der Waals surface area contributed by atoms with Crippen LogP contribution in [0.5, 0.6) is 0 Å². The van der Waals surface area contributed by atoms with Crippen molar-refractivity contribution in [1.29, 1.82) is 5.26 Å². The van der Waals surface area contributed by atoms with Gasteiger partial charge in [-0.1, -0.05) is 0 Å². The van der Waals surface area contributed by atoms with Gasteiger partial charge in [0.05, 0.1) is 11.6 Å². The van der Waals surface area contributed by atoms with Crippen LogP contribution in [0.15, 0.2) is 30.6 Å². The number of halogens is 1. The lowest BCUT2D eigenvalue weighted by molar-refractivity contribution is 0.485. The standard InChI is InChI=1S/C19H23FN6/c1-24(2)18-10-19(23-13-22-18)25(3)16-5-4-6-26(12-16)17-8-14(11-21)7-15(20)9-17/h7-10,13,16H,4-6,12H2,1-3H3. The minimum atomic E-state index is -0.374. The van der Waals surface area contributed by atoms with E-state index in [1.165, 1.54) is 12.1 Å². The Morgan fingerprint density at radius 2 is 1.92 bits per heavy atom. The molecule has 1 aromatic carbocycles. The molecule has 2 aromatic rings. The van der Waals surface area contributed by atoms with Gasteiger partial charge in [-0.25, -0.2) is 14.4 Å². The molecular formula is C19H23FN6. The smallest absolute Gasteiger partial charge is 0.134 e. The molecule has 0 aliphatic carbocycles. The summed E-state index contributed by atoms with van der Waals surface area (Å²) in [5.41, 5.74) is 1.11. The zero-order valence-electron chi connectivity index (χ0n) is 15.4. The molecule has 7 heteroatoms. The van der Waals surface area contributed by atoms with Crippen molar-refractivity contribution in [2.75, 3.05) is 48.9 Å². The monoisotopic (exact) mass is 354 g/mol. The Balaban J connectivity index is 1.79. The van der Waals surface area contributed by atoms with E-state index in [2.05, 4.69) is 19.8 Å². The number of piperidine rings is 1. The van der Waals surface area contributed by atoms with Crippen molar-refractivity contribution in [3.05, 3.63) is 42.0 Å². The number of hydrogen-bond acceptors (Lipinski definition) is 6. The summed E-state index contributed by atoms with van der Waals surface area (Å²) in [6.45, 7) is 1.61. The molecule has 26 heavy (non-hydrogen) atoms. The molecule has 3 rings (SSSR count). The van der Waals surface area contributed by atoms with Crippen molar-refractivity contribution in [3.63, 3.8) is 0 Å². The van der Waals surface area contributed by atoms with Crippen molar-refractivity contribution in [3.8, 4) is 6.07 Å². The highest BCUT2D eigenvalue weighted by Crippen LogP contribution is 2.26. The average molecular weight is 354 g/mol. The summed E-state index contributed by atoms with van der Waals surface area (Å²) in [6, 6.07) is 8.76. The highest BCUT2D eigenvalue weighted by Gasteiger charge is 2.25. The zero-order chi connectivity index (χ0) is 18.7. The molecule has 1 unspecified atom stereocenters. The number of rotatable bonds is 4. The molecule has 136 valence electrons. The predicted octanol–water partition coefficient (Wildman–Crippen LogP) is 2.66. The van der Waals surface area contributed by atoms with E-state index >= 15 is 0 Å². The number of nitriles is 1. The molecular weight excluding hydrogens is 331 g/mol. The van der Waals surface area contributed by atoms with Gasteiger partial charge in [-0.15, -0.1) is 0 Å². The molecule has 1 aromatic heterocycles. The molecule has 0 bridgehead atoms. The molecule has 0 amide bonds. The summed E-state index contributed by atoms with van der Waals surface area (Å²) in [7, 11) is 5.93. The van der Waals surface area contributed by atoms with E-state index in [1.54, 1.807) is 12.4 Å². The topological polar surface area (TPSA) is 59.3 Å². The molecule has 1 fully saturated rings. The van der Waals surface area contributed by atoms with Crippen LogP contribution in [0.4, 0.5) is 21.7 Å². The lowest BCUT2D eigenvalue weighted by Gasteiger charge is -2.39. The second-order valence-corrected chi connectivity index (χ2v) is 6.79. The highest BCUT2D eigenvalue weighted by molar-refractivity contribution is 5.54. The van der Waals surface area contributed by atoms with Gasteiger partial charge in [0.15, 0.2) is 0 Å². The highest BCUT2D eigenvalue weighted by atomic mass is 19.1. The molecule has 0 radical (unpaired) electrons. The van der Waals surface area contributed by atoms with Crippen LogP contribution in [0.25, 0.3) is 0 Å². The summed E-state index contributed by atoms with van der Waals surface area (Å²) in [5.74, 6) is 1.35.